The van der Waals surface area contributed by atoms with E-state index in [9.17, 15) is 9.18 Å². The van der Waals surface area contributed by atoms with E-state index in [2.05, 4.69) is 0 Å². The molecule has 1 rings (SSSR count). The SMILES string of the molecule is CC.CC.CC(=O)O[C@@H](C)c1c(Cl)ccc(F)c1Cl. The van der Waals surface area contributed by atoms with Crippen molar-refractivity contribution in [2.24, 2.45) is 0 Å². The molecule has 0 bridgehead atoms. The predicted octanol–water partition coefficient (Wildman–Crippen LogP) is 5.81. The van der Waals surface area contributed by atoms with Gasteiger partial charge >= 0.3 is 5.97 Å². The highest BCUT2D eigenvalue weighted by molar-refractivity contribution is 6.36. The van der Waals surface area contributed by atoms with Crippen molar-refractivity contribution in [2.75, 3.05) is 0 Å². The van der Waals surface area contributed by atoms with Crippen molar-refractivity contribution < 1.29 is 13.9 Å². The van der Waals surface area contributed by atoms with Gasteiger partial charge in [0.25, 0.3) is 0 Å². The maximum absolute atomic E-state index is 13.1. The van der Waals surface area contributed by atoms with E-state index < -0.39 is 17.9 Å². The third-order valence-corrected chi connectivity index (χ3v) is 2.54. The maximum atomic E-state index is 13.1. The normalized spacial score (nSPS) is 10.4. The molecule has 0 fully saturated rings. The number of esters is 1. The molecule has 0 aliphatic rings. The van der Waals surface area contributed by atoms with Crippen LogP contribution in [0.5, 0.6) is 0 Å². The van der Waals surface area contributed by atoms with Gasteiger partial charge in [-0.3, -0.25) is 4.79 Å². The van der Waals surface area contributed by atoms with Crippen LogP contribution in [0.1, 0.15) is 53.2 Å². The number of rotatable bonds is 2. The lowest BCUT2D eigenvalue weighted by atomic mass is 10.1. The monoisotopic (exact) mass is 310 g/mol. The molecule has 0 aliphatic heterocycles. The molecule has 0 radical (unpaired) electrons. The van der Waals surface area contributed by atoms with E-state index in [0.717, 1.165) is 6.07 Å². The molecule has 0 aliphatic carbocycles. The van der Waals surface area contributed by atoms with Crippen LogP contribution in [0.3, 0.4) is 0 Å². The highest BCUT2D eigenvalue weighted by Gasteiger charge is 2.18. The molecule has 110 valence electrons. The minimum absolute atomic E-state index is 0.115. The molecule has 0 N–H and O–H groups in total. The van der Waals surface area contributed by atoms with Crippen LogP contribution in [-0.4, -0.2) is 5.97 Å². The summed E-state index contributed by atoms with van der Waals surface area (Å²) in [6.07, 6.45) is -0.668. The summed E-state index contributed by atoms with van der Waals surface area (Å²) in [6.45, 7) is 10.8. The van der Waals surface area contributed by atoms with Gasteiger partial charge in [-0.2, -0.15) is 0 Å². The van der Waals surface area contributed by atoms with E-state index in [0.29, 0.717) is 0 Å². The van der Waals surface area contributed by atoms with Crippen LogP contribution in [0, 0.1) is 5.82 Å². The summed E-state index contributed by atoms with van der Waals surface area (Å²) >= 11 is 11.6. The van der Waals surface area contributed by atoms with Crippen LogP contribution < -0.4 is 0 Å². The van der Waals surface area contributed by atoms with Gasteiger partial charge in [0.05, 0.1) is 5.02 Å². The first-order valence-corrected chi connectivity index (χ1v) is 6.99. The molecule has 0 spiro atoms. The van der Waals surface area contributed by atoms with Crippen LogP contribution >= 0.6 is 23.2 Å². The average molecular weight is 311 g/mol. The molecule has 1 aromatic rings. The van der Waals surface area contributed by atoms with E-state index in [1.54, 1.807) is 6.92 Å². The van der Waals surface area contributed by atoms with Gasteiger partial charge in [0.15, 0.2) is 0 Å². The van der Waals surface area contributed by atoms with Gasteiger partial charge in [-0.05, 0) is 19.1 Å². The van der Waals surface area contributed by atoms with Crippen LogP contribution in [0.2, 0.25) is 10.0 Å². The zero-order valence-electron chi connectivity index (χ0n) is 12.2. The van der Waals surface area contributed by atoms with Crippen molar-refractivity contribution >= 4 is 29.2 Å². The average Bonchev–Trinajstić information content (AvgIpc) is 2.38. The van der Waals surface area contributed by atoms with Crippen molar-refractivity contribution in [3.8, 4) is 0 Å². The summed E-state index contributed by atoms with van der Waals surface area (Å²) in [5.41, 5.74) is 0.286. The second-order valence-electron chi connectivity index (χ2n) is 3.01. The minimum Gasteiger partial charge on any atom is -0.458 e. The topological polar surface area (TPSA) is 26.3 Å². The smallest absolute Gasteiger partial charge is 0.303 e. The van der Waals surface area contributed by atoms with E-state index in [1.165, 1.54) is 13.0 Å². The Morgan fingerprint density at radius 2 is 1.68 bits per heavy atom. The summed E-state index contributed by atoms with van der Waals surface area (Å²) < 4.78 is 18.0. The Kier molecular flexibility index (Phi) is 11.9. The predicted molar refractivity (Wildman–Crippen MR) is 79.3 cm³/mol. The van der Waals surface area contributed by atoms with Crippen molar-refractivity contribution in [1.82, 2.24) is 0 Å². The quantitative estimate of drug-likeness (QED) is 0.509. The fraction of sp³-hybridized carbons (Fsp3) is 0.500. The van der Waals surface area contributed by atoms with Gasteiger partial charge in [0.2, 0.25) is 0 Å². The first-order valence-electron chi connectivity index (χ1n) is 6.24. The fourth-order valence-corrected chi connectivity index (χ4v) is 1.90. The lowest BCUT2D eigenvalue weighted by molar-refractivity contribution is -0.145. The van der Waals surface area contributed by atoms with Crippen LogP contribution in [0.25, 0.3) is 0 Å². The molecule has 0 unspecified atom stereocenters. The highest BCUT2D eigenvalue weighted by Crippen LogP contribution is 2.33. The number of hydrogen-bond donors (Lipinski definition) is 0. The largest absolute Gasteiger partial charge is 0.458 e. The Hall–Kier alpha value is -0.800. The first kappa shape index (κ1) is 20.5. The van der Waals surface area contributed by atoms with E-state index >= 15 is 0 Å². The number of carbonyl (C=O) groups is 1. The Bertz CT molecular complexity index is 395. The molecular formula is C14H21Cl2FO2. The summed E-state index contributed by atoms with van der Waals surface area (Å²) in [5.74, 6) is -1.06. The standard InChI is InChI=1S/C10H9Cl2FO2.2C2H6/c1-5(15-6(2)14)9-7(11)3-4-8(13)10(9)12;2*1-2/h3-5H,1-2H3;2*1-2H3/t5-;;/m0../s1. The molecular weight excluding hydrogens is 290 g/mol. The van der Waals surface area contributed by atoms with Gasteiger partial charge in [-0.1, -0.05) is 50.9 Å². The summed E-state index contributed by atoms with van der Waals surface area (Å²) in [6, 6.07) is 2.53. The fourth-order valence-electron chi connectivity index (χ4n) is 1.22. The molecule has 19 heavy (non-hydrogen) atoms. The Morgan fingerprint density at radius 1 is 1.21 bits per heavy atom. The van der Waals surface area contributed by atoms with Crippen molar-refractivity contribution in [1.29, 1.82) is 0 Å². The second-order valence-corrected chi connectivity index (χ2v) is 3.79. The molecule has 1 atom stereocenters. The minimum atomic E-state index is -0.668. The molecule has 5 heteroatoms. The molecule has 0 heterocycles. The first-order chi connectivity index (χ1) is 8.93. The van der Waals surface area contributed by atoms with E-state index in [1.807, 2.05) is 27.7 Å². The third kappa shape index (κ3) is 6.79. The number of ether oxygens (including phenoxy) is 1. The maximum Gasteiger partial charge on any atom is 0.303 e. The van der Waals surface area contributed by atoms with Gasteiger partial charge < -0.3 is 4.74 Å². The zero-order valence-corrected chi connectivity index (χ0v) is 13.7. The lowest BCUT2D eigenvalue weighted by Crippen LogP contribution is -2.06. The van der Waals surface area contributed by atoms with Gasteiger partial charge in [-0.15, -0.1) is 0 Å². The van der Waals surface area contributed by atoms with E-state index in [4.69, 9.17) is 27.9 Å². The Morgan fingerprint density at radius 3 is 2.11 bits per heavy atom. The van der Waals surface area contributed by atoms with Crippen molar-refractivity contribution in [3.05, 3.63) is 33.6 Å². The highest BCUT2D eigenvalue weighted by atomic mass is 35.5. The number of carbonyl (C=O) groups excluding carboxylic acids is 1. The van der Waals surface area contributed by atoms with Crippen molar-refractivity contribution in [3.63, 3.8) is 0 Å². The molecule has 0 saturated heterocycles. The molecule has 1 aromatic carbocycles. The van der Waals surface area contributed by atoms with Crippen LogP contribution in [0.4, 0.5) is 4.39 Å². The summed E-state index contributed by atoms with van der Waals surface area (Å²) in [5, 5.41) is 0.159. The summed E-state index contributed by atoms with van der Waals surface area (Å²) in [4.78, 5) is 10.7. The van der Waals surface area contributed by atoms with Crippen LogP contribution in [-0.2, 0) is 9.53 Å². The molecule has 0 amide bonds. The third-order valence-electron chi connectivity index (χ3n) is 1.83. The number of benzene rings is 1. The second kappa shape index (κ2) is 11.1. The number of hydrogen-bond acceptors (Lipinski definition) is 2. The lowest BCUT2D eigenvalue weighted by Gasteiger charge is -2.15. The van der Waals surface area contributed by atoms with Gasteiger partial charge in [-0.25, -0.2) is 4.39 Å². The molecule has 0 saturated carbocycles. The van der Waals surface area contributed by atoms with E-state index in [-0.39, 0.29) is 15.6 Å². The Labute approximate surface area is 124 Å². The number of halogens is 3. The summed E-state index contributed by atoms with van der Waals surface area (Å²) in [7, 11) is 0. The molecule has 0 aromatic heterocycles. The molecule has 2 nitrogen and oxygen atoms in total. The van der Waals surface area contributed by atoms with Crippen molar-refractivity contribution in [2.45, 2.75) is 47.6 Å². The van der Waals surface area contributed by atoms with Gasteiger partial charge in [0, 0.05) is 17.5 Å². The van der Waals surface area contributed by atoms with Crippen LogP contribution in [0.15, 0.2) is 12.1 Å². The Balaban J connectivity index is 0. The van der Waals surface area contributed by atoms with Gasteiger partial charge in [0.1, 0.15) is 11.9 Å². The zero-order chi connectivity index (χ0) is 15.6.